The van der Waals surface area contributed by atoms with Gasteiger partial charge >= 0.3 is 6.03 Å². The number of nitrogens with zero attached hydrogens (tertiary/aromatic N) is 2. The zero-order valence-corrected chi connectivity index (χ0v) is 15.2. The third-order valence-electron chi connectivity index (χ3n) is 5.52. The number of amides is 2. The SMILES string of the molecule is O=C(Nc1cccc(N2CCCCC2)c1)N1CCCC1c1ccccc1. The molecule has 2 aliphatic rings. The van der Waals surface area contributed by atoms with Crippen LogP contribution < -0.4 is 10.2 Å². The van der Waals surface area contributed by atoms with E-state index in [0.29, 0.717) is 0 Å². The highest BCUT2D eigenvalue weighted by Gasteiger charge is 2.29. The van der Waals surface area contributed by atoms with Gasteiger partial charge < -0.3 is 15.1 Å². The molecule has 4 rings (SSSR count). The van der Waals surface area contributed by atoms with Crippen molar-refractivity contribution in [1.29, 1.82) is 0 Å². The van der Waals surface area contributed by atoms with Crippen LogP contribution in [0.4, 0.5) is 16.2 Å². The molecule has 136 valence electrons. The van der Waals surface area contributed by atoms with Crippen molar-refractivity contribution in [3.63, 3.8) is 0 Å². The van der Waals surface area contributed by atoms with E-state index < -0.39 is 0 Å². The number of hydrogen-bond acceptors (Lipinski definition) is 2. The van der Waals surface area contributed by atoms with Gasteiger partial charge in [-0.25, -0.2) is 4.79 Å². The van der Waals surface area contributed by atoms with Crippen LogP contribution in [0.15, 0.2) is 54.6 Å². The van der Waals surface area contributed by atoms with Crippen LogP contribution in [0.5, 0.6) is 0 Å². The highest BCUT2D eigenvalue weighted by molar-refractivity contribution is 5.90. The van der Waals surface area contributed by atoms with Crippen molar-refractivity contribution in [2.24, 2.45) is 0 Å². The number of urea groups is 1. The molecular formula is C22H27N3O. The lowest BCUT2D eigenvalue weighted by Crippen LogP contribution is -2.34. The van der Waals surface area contributed by atoms with E-state index in [4.69, 9.17) is 0 Å². The molecule has 1 N–H and O–H groups in total. The Bertz CT molecular complexity index is 740. The molecule has 1 unspecified atom stereocenters. The van der Waals surface area contributed by atoms with Crippen LogP contribution in [0.2, 0.25) is 0 Å². The van der Waals surface area contributed by atoms with Crippen LogP contribution in [0.3, 0.4) is 0 Å². The molecule has 0 aromatic heterocycles. The zero-order chi connectivity index (χ0) is 17.8. The quantitative estimate of drug-likeness (QED) is 0.842. The van der Waals surface area contributed by atoms with Crippen molar-refractivity contribution in [2.45, 2.75) is 38.1 Å². The van der Waals surface area contributed by atoms with Crippen LogP contribution in [0.25, 0.3) is 0 Å². The maximum atomic E-state index is 12.9. The number of hydrogen-bond donors (Lipinski definition) is 1. The minimum atomic E-state index is 0.00662. The van der Waals surface area contributed by atoms with Gasteiger partial charge in [0.05, 0.1) is 6.04 Å². The van der Waals surface area contributed by atoms with Crippen molar-refractivity contribution in [3.05, 3.63) is 60.2 Å². The Morgan fingerprint density at radius 1 is 0.885 bits per heavy atom. The highest BCUT2D eigenvalue weighted by atomic mass is 16.2. The van der Waals surface area contributed by atoms with E-state index in [0.717, 1.165) is 38.2 Å². The van der Waals surface area contributed by atoms with Crippen LogP contribution in [0, 0.1) is 0 Å². The minimum absolute atomic E-state index is 0.00662. The largest absolute Gasteiger partial charge is 0.371 e. The number of likely N-dealkylation sites (tertiary alicyclic amines) is 1. The first-order valence-corrected chi connectivity index (χ1v) is 9.79. The van der Waals surface area contributed by atoms with Crippen LogP contribution in [-0.2, 0) is 0 Å². The summed E-state index contributed by atoms with van der Waals surface area (Å²) in [6, 6.07) is 18.8. The van der Waals surface area contributed by atoms with E-state index in [2.05, 4.69) is 34.5 Å². The zero-order valence-electron chi connectivity index (χ0n) is 15.2. The predicted octanol–water partition coefficient (Wildman–Crippen LogP) is 5.05. The monoisotopic (exact) mass is 349 g/mol. The lowest BCUT2D eigenvalue weighted by molar-refractivity contribution is 0.207. The molecule has 0 bridgehead atoms. The van der Waals surface area contributed by atoms with E-state index in [-0.39, 0.29) is 12.1 Å². The second kappa shape index (κ2) is 7.81. The van der Waals surface area contributed by atoms with E-state index in [9.17, 15) is 4.79 Å². The van der Waals surface area contributed by atoms with E-state index in [1.54, 1.807) is 0 Å². The summed E-state index contributed by atoms with van der Waals surface area (Å²) in [6.45, 7) is 3.04. The van der Waals surface area contributed by atoms with E-state index >= 15 is 0 Å². The van der Waals surface area contributed by atoms with E-state index in [1.807, 2.05) is 35.2 Å². The number of benzene rings is 2. The number of piperidine rings is 1. The fourth-order valence-corrected chi connectivity index (χ4v) is 4.16. The van der Waals surface area contributed by atoms with Crippen molar-refractivity contribution in [1.82, 2.24) is 4.90 Å². The Morgan fingerprint density at radius 2 is 1.69 bits per heavy atom. The van der Waals surface area contributed by atoms with Gasteiger partial charge in [-0.2, -0.15) is 0 Å². The van der Waals surface area contributed by atoms with Gasteiger partial charge in [-0.3, -0.25) is 0 Å². The third-order valence-corrected chi connectivity index (χ3v) is 5.52. The first-order chi connectivity index (χ1) is 12.8. The summed E-state index contributed by atoms with van der Waals surface area (Å²) in [4.78, 5) is 17.3. The third kappa shape index (κ3) is 3.69. The van der Waals surface area contributed by atoms with Crippen molar-refractivity contribution < 1.29 is 4.79 Å². The number of carbonyl (C=O) groups is 1. The average Bonchev–Trinajstić information content (AvgIpc) is 3.20. The molecule has 4 heteroatoms. The number of nitrogens with one attached hydrogen (secondary N) is 1. The predicted molar refractivity (Wildman–Crippen MR) is 107 cm³/mol. The Morgan fingerprint density at radius 3 is 2.50 bits per heavy atom. The highest BCUT2D eigenvalue weighted by Crippen LogP contribution is 2.32. The molecule has 0 radical (unpaired) electrons. The van der Waals surface area contributed by atoms with Gasteiger partial charge in [0.1, 0.15) is 0 Å². The fourth-order valence-electron chi connectivity index (χ4n) is 4.16. The second-order valence-electron chi connectivity index (χ2n) is 7.29. The number of anilines is 2. The molecule has 0 aliphatic carbocycles. The fraction of sp³-hybridized carbons (Fsp3) is 0.409. The molecular weight excluding hydrogens is 322 g/mol. The van der Waals surface area contributed by atoms with Crippen LogP contribution in [-0.4, -0.2) is 30.6 Å². The normalized spacial score (nSPS) is 20.2. The Balaban J connectivity index is 1.46. The molecule has 1 atom stereocenters. The van der Waals surface area contributed by atoms with Crippen LogP contribution in [0.1, 0.15) is 43.7 Å². The maximum Gasteiger partial charge on any atom is 0.322 e. The molecule has 2 heterocycles. The van der Waals surface area contributed by atoms with Gasteiger partial charge in [0, 0.05) is 31.0 Å². The molecule has 2 aliphatic heterocycles. The van der Waals surface area contributed by atoms with Crippen molar-refractivity contribution in [2.75, 3.05) is 29.9 Å². The lowest BCUT2D eigenvalue weighted by Gasteiger charge is -2.29. The first-order valence-electron chi connectivity index (χ1n) is 9.79. The van der Waals surface area contributed by atoms with E-state index in [1.165, 1.54) is 30.5 Å². The molecule has 26 heavy (non-hydrogen) atoms. The summed E-state index contributed by atoms with van der Waals surface area (Å²) in [5, 5.41) is 3.12. The Kier molecular flexibility index (Phi) is 5.09. The van der Waals surface area contributed by atoms with Crippen LogP contribution >= 0.6 is 0 Å². The Labute approximate surface area is 155 Å². The molecule has 0 spiro atoms. The van der Waals surface area contributed by atoms with Gasteiger partial charge in [0.2, 0.25) is 0 Å². The van der Waals surface area contributed by atoms with Gasteiger partial charge in [-0.15, -0.1) is 0 Å². The number of rotatable bonds is 3. The summed E-state index contributed by atoms with van der Waals surface area (Å²) >= 11 is 0. The molecule has 0 saturated carbocycles. The van der Waals surface area contributed by atoms with Crippen molar-refractivity contribution >= 4 is 17.4 Å². The molecule has 2 fully saturated rings. The van der Waals surface area contributed by atoms with Gasteiger partial charge in [0.15, 0.2) is 0 Å². The summed E-state index contributed by atoms with van der Waals surface area (Å²) in [5.74, 6) is 0. The summed E-state index contributed by atoms with van der Waals surface area (Å²) in [6.07, 6.45) is 5.92. The molecule has 4 nitrogen and oxygen atoms in total. The number of carbonyl (C=O) groups excluding carboxylic acids is 1. The second-order valence-corrected chi connectivity index (χ2v) is 7.29. The summed E-state index contributed by atoms with van der Waals surface area (Å²) in [5.41, 5.74) is 3.32. The van der Waals surface area contributed by atoms with Gasteiger partial charge in [-0.05, 0) is 55.9 Å². The molecule has 2 aromatic carbocycles. The Hall–Kier alpha value is -2.49. The van der Waals surface area contributed by atoms with Crippen molar-refractivity contribution in [3.8, 4) is 0 Å². The maximum absolute atomic E-state index is 12.9. The summed E-state index contributed by atoms with van der Waals surface area (Å²) < 4.78 is 0. The molecule has 2 amide bonds. The average molecular weight is 349 g/mol. The van der Waals surface area contributed by atoms with Gasteiger partial charge in [-0.1, -0.05) is 36.4 Å². The summed E-state index contributed by atoms with van der Waals surface area (Å²) in [7, 11) is 0. The smallest absolute Gasteiger partial charge is 0.322 e. The first kappa shape index (κ1) is 17.0. The molecule has 2 aromatic rings. The lowest BCUT2D eigenvalue weighted by atomic mass is 10.1. The minimum Gasteiger partial charge on any atom is -0.371 e. The standard InChI is InChI=1S/C22H27N3O/c26-22(25-16-8-13-21(25)18-9-3-1-4-10-18)23-19-11-7-12-20(17-19)24-14-5-2-6-15-24/h1,3-4,7,9-12,17,21H,2,5-6,8,13-16H2,(H,23,26). The van der Waals surface area contributed by atoms with Gasteiger partial charge in [0.25, 0.3) is 0 Å². The topological polar surface area (TPSA) is 35.6 Å². The molecule has 2 saturated heterocycles.